The highest BCUT2D eigenvalue weighted by Crippen LogP contribution is 2.35. The van der Waals surface area contributed by atoms with Gasteiger partial charge in [0.05, 0.1) is 6.61 Å². The van der Waals surface area contributed by atoms with Crippen molar-refractivity contribution in [1.29, 1.82) is 0 Å². The van der Waals surface area contributed by atoms with E-state index in [0.717, 1.165) is 11.1 Å². The third-order valence-electron chi connectivity index (χ3n) is 3.42. The lowest BCUT2D eigenvalue weighted by Crippen LogP contribution is -2.32. The maximum atomic E-state index is 9.53. The van der Waals surface area contributed by atoms with E-state index in [1.54, 1.807) is 18.2 Å². The van der Waals surface area contributed by atoms with Crippen molar-refractivity contribution in [3.63, 3.8) is 0 Å². The van der Waals surface area contributed by atoms with Crippen molar-refractivity contribution >= 4 is 19.5 Å². The molecule has 5 heteroatoms. The Hall–Kier alpha value is -2.66. The predicted molar refractivity (Wildman–Crippen MR) is 86.6 cm³/mol. The molecule has 110 valence electrons. The SMILES string of the molecule is C=Cc1ccc2c(c1)OB(Oc1cccc(C=C)c1CO)O2. The Bertz CT molecular complexity index is 727. The molecule has 2 aromatic rings. The molecule has 1 N–H and O–H groups in total. The molecule has 0 radical (unpaired) electrons. The van der Waals surface area contributed by atoms with Gasteiger partial charge < -0.3 is 19.1 Å². The molecule has 3 rings (SSSR count). The van der Waals surface area contributed by atoms with Gasteiger partial charge in [-0.2, -0.15) is 0 Å². The molecule has 0 atom stereocenters. The van der Waals surface area contributed by atoms with E-state index in [4.69, 9.17) is 14.0 Å². The van der Waals surface area contributed by atoms with Crippen molar-refractivity contribution in [3.05, 3.63) is 66.2 Å². The van der Waals surface area contributed by atoms with Crippen LogP contribution >= 0.6 is 0 Å². The average Bonchev–Trinajstić information content (AvgIpc) is 2.95. The van der Waals surface area contributed by atoms with Crippen molar-refractivity contribution in [3.8, 4) is 17.2 Å². The van der Waals surface area contributed by atoms with Crippen molar-refractivity contribution in [2.75, 3.05) is 0 Å². The Morgan fingerprint density at radius 1 is 1.09 bits per heavy atom. The van der Waals surface area contributed by atoms with Gasteiger partial charge in [0.2, 0.25) is 0 Å². The van der Waals surface area contributed by atoms with Crippen LogP contribution in [0.2, 0.25) is 0 Å². The maximum absolute atomic E-state index is 9.53. The van der Waals surface area contributed by atoms with Crippen LogP contribution in [-0.4, -0.2) is 12.4 Å². The van der Waals surface area contributed by atoms with Crippen molar-refractivity contribution in [2.24, 2.45) is 0 Å². The summed E-state index contributed by atoms with van der Waals surface area (Å²) in [5, 5.41) is 9.53. The number of fused-ring (bicyclic) bond motifs is 1. The monoisotopic (exact) mass is 294 g/mol. The van der Waals surface area contributed by atoms with Gasteiger partial charge in [0, 0.05) is 5.56 Å². The summed E-state index contributed by atoms with van der Waals surface area (Å²) in [5.74, 6) is 1.72. The first-order valence-electron chi connectivity index (χ1n) is 6.87. The minimum atomic E-state index is -0.888. The molecule has 0 aliphatic carbocycles. The summed E-state index contributed by atoms with van der Waals surface area (Å²) in [7, 11) is -0.888. The van der Waals surface area contributed by atoms with Crippen LogP contribution in [0, 0.1) is 0 Å². The lowest BCUT2D eigenvalue weighted by molar-refractivity contribution is 0.274. The molecule has 0 unspecified atom stereocenters. The van der Waals surface area contributed by atoms with Crippen LogP contribution < -0.4 is 14.0 Å². The Labute approximate surface area is 129 Å². The lowest BCUT2D eigenvalue weighted by Gasteiger charge is -2.13. The molecule has 1 aliphatic rings. The molecule has 0 amide bonds. The molecular formula is C17H15BO4. The van der Waals surface area contributed by atoms with E-state index in [1.165, 1.54) is 0 Å². The minimum Gasteiger partial charge on any atom is -0.489 e. The van der Waals surface area contributed by atoms with Gasteiger partial charge in [-0.15, -0.1) is 0 Å². The molecule has 22 heavy (non-hydrogen) atoms. The minimum absolute atomic E-state index is 0.155. The number of hydrogen-bond acceptors (Lipinski definition) is 4. The first kappa shape index (κ1) is 14.3. The molecule has 4 nitrogen and oxygen atoms in total. The highest BCUT2D eigenvalue weighted by atomic mass is 16.8. The normalized spacial score (nSPS) is 12.1. The molecule has 1 heterocycles. The van der Waals surface area contributed by atoms with Crippen molar-refractivity contribution in [2.45, 2.75) is 6.61 Å². The van der Waals surface area contributed by atoms with E-state index in [1.807, 2.05) is 30.3 Å². The number of hydrogen-bond donors (Lipinski definition) is 1. The van der Waals surface area contributed by atoms with E-state index in [-0.39, 0.29) is 6.61 Å². The van der Waals surface area contributed by atoms with Crippen LogP contribution in [0.5, 0.6) is 17.2 Å². The van der Waals surface area contributed by atoms with Gasteiger partial charge in [-0.05, 0) is 29.3 Å². The fourth-order valence-electron chi connectivity index (χ4n) is 2.28. The van der Waals surface area contributed by atoms with E-state index < -0.39 is 7.32 Å². The first-order chi connectivity index (χ1) is 10.7. The molecule has 0 saturated heterocycles. The summed E-state index contributed by atoms with van der Waals surface area (Å²) < 4.78 is 16.9. The van der Waals surface area contributed by atoms with Crippen molar-refractivity contribution < 1.29 is 19.1 Å². The summed E-state index contributed by atoms with van der Waals surface area (Å²) in [5.41, 5.74) is 2.39. The zero-order chi connectivity index (χ0) is 15.5. The summed E-state index contributed by atoms with van der Waals surface area (Å²) in [4.78, 5) is 0. The second-order valence-electron chi connectivity index (χ2n) is 4.74. The fourth-order valence-corrected chi connectivity index (χ4v) is 2.28. The zero-order valence-electron chi connectivity index (χ0n) is 12.0. The van der Waals surface area contributed by atoms with Gasteiger partial charge in [-0.3, -0.25) is 0 Å². The van der Waals surface area contributed by atoms with Gasteiger partial charge in [0.1, 0.15) is 17.2 Å². The first-order valence-corrected chi connectivity index (χ1v) is 6.87. The number of rotatable bonds is 5. The average molecular weight is 294 g/mol. The zero-order valence-corrected chi connectivity index (χ0v) is 12.0. The number of benzene rings is 2. The van der Waals surface area contributed by atoms with E-state index in [0.29, 0.717) is 22.8 Å². The van der Waals surface area contributed by atoms with E-state index in [2.05, 4.69) is 13.2 Å². The second-order valence-corrected chi connectivity index (χ2v) is 4.74. The third kappa shape index (κ3) is 2.58. The molecule has 0 bridgehead atoms. The summed E-state index contributed by atoms with van der Waals surface area (Å²) in [6, 6.07) is 11.0. The standard InChI is InChI=1S/C17H15BO4/c1-3-12-8-9-16-17(10-12)22-18(21-16)20-15-7-5-6-13(4-2)14(15)11-19/h3-10,19H,1-2,11H2. The van der Waals surface area contributed by atoms with Crippen LogP contribution in [0.3, 0.4) is 0 Å². The van der Waals surface area contributed by atoms with E-state index in [9.17, 15) is 5.11 Å². The van der Waals surface area contributed by atoms with Gasteiger partial charge >= 0.3 is 7.32 Å². The largest absolute Gasteiger partial charge is 0.864 e. The Balaban J connectivity index is 1.81. The fraction of sp³-hybridized carbons (Fsp3) is 0.0588. The number of aliphatic hydroxyl groups is 1. The highest BCUT2D eigenvalue weighted by Gasteiger charge is 2.38. The van der Waals surface area contributed by atoms with Gasteiger partial charge in [0.25, 0.3) is 0 Å². The maximum Gasteiger partial charge on any atom is 0.864 e. The molecule has 0 spiro atoms. The van der Waals surface area contributed by atoms with Gasteiger partial charge in [-0.1, -0.05) is 43.5 Å². The Kier molecular flexibility index (Phi) is 3.89. The third-order valence-corrected chi connectivity index (χ3v) is 3.42. The van der Waals surface area contributed by atoms with Crippen LogP contribution in [0.25, 0.3) is 12.2 Å². The molecule has 0 fully saturated rings. The predicted octanol–water partition coefficient (Wildman–Crippen LogP) is 3.30. The second kappa shape index (κ2) is 5.99. The highest BCUT2D eigenvalue weighted by molar-refractivity contribution is 6.41. The van der Waals surface area contributed by atoms with Crippen LogP contribution in [0.4, 0.5) is 0 Å². The van der Waals surface area contributed by atoms with E-state index >= 15 is 0 Å². The van der Waals surface area contributed by atoms with Crippen LogP contribution in [0.15, 0.2) is 49.6 Å². The van der Waals surface area contributed by atoms with Crippen LogP contribution in [0.1, 0.15) is 16.7 Å². The Morgan fingerprint density at radius 2 is 1.91 bits per heavy atom. The smallest absolute Gasteiger partial charge is 0.489 e. The quantitative estimate of drug-likeness (QED) is 0.860. The van der Waals surface area contributed by atoms with Gasteiger partial charge in [0.15, 0.2) is 0 Å². The molecule has 0 saturated carbocycles. The number of aliphatic hydroxyl groups excluding tert-OH is 1. The summed E-state index contributed by atoms with van der Waals surface area (Å²) >= 11 is 0. The van der Waals surface area contributed by atoms with Gasteiger partial charge in [-0.25, -0.2) is 0 Å². The molecular weight excluding hydrogens is 279 g/mol. The molecule has 2 aromatic carbocycles. The Morgan fingerprint density at radius 3 is 2.64 bits per heavy atom. The summed E-state index contributed by atoms with van der Waals surface area (Å²) in [6.45, 7) is 7.29. The summed E-state index contributed by atoms with van der Waals surface area (Å²) in [6.07, 6.45) is 3.40. The van der Waals surface area contributed by atoms with Crippen molar-refractivity contribution in [1.82, 2.24) is 0 Å². The topological polar surface area (TPSA) is 47.9 Å². The molecule has 1 aliphatic heterocycles. The van der Waals surface area contributed by atoms with Crippen LogP contribution in [-0.2, 0) is 6.61 Å². The lowest BCUT2D eigenvalue weighted by atomic mass is 10.1. The molecule has 0 aromatic heterocycles.